The van der Waals surface area contributed by atoms with Crippen LogP contribution in [-0.2, 0) is 12.8 Å². The van der Waals surface area contributed by atoms with Gasteiger partial charge in [0.05, 0.1) is 6.07 Å². The maximum atomic E-state index is 12.1. The van der Waals surface area contributed by atoms with Crippen molar-refractivity contribution in [2.75, 3.05) is 0 Å². The van der Waals surface area contributed by atoms with E-state index in [-0.39, 0.29) is 17.1 Å². The zero-order chi connectivity index (χ0) is 13.8. The minimum atomic E-state index is -4.35. The number of halogens is 3. The molecule has 0 N–H and O–H groups in total. The Labute approximate surface area is 103 Å². The molecule has 100 valence electrons. The molecule has 7 heteroatoms. The van der Waals surface area contributed by atoms with E-state index in [9.17, 15) is 13.2 Å². The fourth-order valence-corrected chi connectivity index (χ4v) is 1.48. The molecule has 0 saturated carbocycles. The van der Waals surface area contributed by atoms with Gasteiger partial charge in [-0.2, -0.15) is 23.4 Å². The second-order valence-corrected chi connectivity index (χ2v) is 4.57. The van der Waals surface area contributed by atoms with Gasteiger partial charge >= 0.3 is 6.18 Å². The molecule has 0 fully saturated rings. The highest BCUT2D eigenvalue weighted by Crippen LogP contribution is 2.29. The Morgan fingerprint density at radius 2 is 2.00 bits per heavy atom. The quantitative estimate of drug-likeness (QED) is 0.817. The minimum Gasteiger partial charge on any atom is -0.339 e. The summed E-state index contributed by atoms with van der Waals surface area (Å²) in [6, 6.07) is 2.05. The molecular formula is C11H14F3N3O. The largest absolute Gasteiger partial charge is 0.396 e. The fourth-order valence-electron chi connectivity index (χ4n) is 1.48. The molecule has 1 heterocycles. The normalized spacial score (nSPS) is 15.1. The first-order valence-corrected chi connectivity index (χ1v) is 5.53. The van der Waals surface area contributed by atoms with Gasteiger partial charge in [0.2, 0.25) is 5.89 Å². The zero-order valence-electron chi connectivity index (χ0n) is 10.2. The third-order valence-corrected chi connectivity index (χ3v) is 2.81. The molecule has 0 saturated heterocycles. The van der Waals surface area contributed by atoms with Crippen LogP contribution in [-0.4, -0.2) is 16.3 Å². The lowest BCUT2D eigenvalue weighted by Crippen LogP contribution is -2.18. The van der Waals surface area contributed by atoms with E-state index >= 15 is 0 Å². The molecule has 1 aromatic heterocycles. The molecule has 0 amide bonds. The van der Waals surface area contributed by atoms with Crippen molar-refractivity contribution < 1.29 is 17.7 Å². The topological polar surface area (TPSA) is 62.7 Å². The smallest absolute Gasteiger partial charge is 0.339 e. The maximum absolute atomic E-state index is 12.1. The van der Waals surface area contributed by atoms with Crippen LogP contribution in [0.4, 0.5) is 13.2 Å². The van der Waals surface area contributed by atoms with Crippen molar-refractivity contribution in [2.45, 2.75) is 45.7 Å². The Kier molecular flexibility index (Phi) is 4.33. The number of rotatable bonds is 5. The Morgan fingerprint density at radius 1 is 1.33 bits per heavy atom. The molecule has 0 bridgehead atoms. The first-order chi connectivity index (χ1) is 8.28. The lowest BCUT2D eigenvalue weighted by Gasteiger charge is -2.22. The molecular weight excluding hydrogens is 247 g/mol. The molecule has 0 aliphatic carbocycles. The minimum absolute atomic E-state index is 0.147. The number of hydrogen-bond donors (Lipinski definition) is 0. The van der Waals surface area contributed by atoms with Crippen molar-refractivity contribution in [1.82, 2.24) is 10.1 Å². The van der Waals surface area contributed by atoms with Gasteiger partial charge in [0.15, 0.2) is 5.82 Å². The maximum Gasteiger partial charge on any atom is 0.396 e. The van der Waals surface area contributed by atoms with Gasteiger partial charge in [-0.25, -0.2) is 0 Å². The average molecular weight is 261 g/mol. The molecule has 0 radical (unpaired) electrons. The highest BCUT2D eigenvalue weighted by molar-refractivity contribution is 4.95. The van der Waals surface area contributed by atoms with Gasteiger partial charge in [-0.05, 0) is 11.8 Å². The van der Waals surface area contributed by atoms with Crippen LogP contribution in [0.15, 0.2) is 4.52 Å². The summed E-state index contributed by atoms with van der Waals surface area (Å²) in [7, 11) is 0. The third-order valence-electron chi connectivity index (χ3n) is 2.81. The van der Waals surface area contributed by atoms with Gasteiger partial charge in [-0.1, -0.05) is 19.0 Å². The van der Waals surface area contributed by atoms with Crippen LogP contribution in [0, 0.1) is 16.7 Å². The Morgan fingerprint density at radius 3 is 2.50 bits per heavy atom. The summed E-state index contributed by atoms with van der Waals surface area (Å²) in [5.41, 5.74) is -0.350. The van der Waals surface area contributed by atoms with Gasteiger partial charge in [0.1, 0.15) is 6.42 Å². The van der Waals surface area contributed by atoms with Crippen LogP contribution in [0.2, 0.25) is 0 Å². The first kappa shape index (κ1) is 14.5. The summed E-state index contributed by atoms with van der Waals surface area (Å²) in [4.78, 5) is 3.70. The predicted molar refractivity (Wildman–Crippen MR) is 56.4 cm³/mol. The van der Waals surface area contributed by atoms with Crippen molar-refractivity contribution in [2.24, 2.45) is 5.41 Å². The number of nitrogens with zero attached hydrogens (tertiary/aromatic N) is 3. The summed E-state index contributed by atoms with van der Waals surface area (Å²) in [6.45, 7) is 3.77. The Hall–Kier alpha value is -1.58. The van der Waals surface area contributed by atoms with Crippen LogP contribution < -0.4 is 0 Å². The van der Waals surface area contributed by atoms with Gasteiger partial charge in [0.25, 0.3) is 0 Å². The van der Waals surface area contributed by atoms with E-state index in [4.69, 9.17) is 9.78 Å². The van der Waals surface area contributed by atoms with E-state index in [0.717, 1.165) is 0 Å². The summed E-state index contributed by atoms with van der Waals surface area (Å²) < 4.78 is 41.1. The van der Waals surface area contributed by atoms with Crippen LogP contribution in [0.25, 0.3) is 0 Å². The number of nitriles is 1. The standard InChI is InChI=1S/C11H14F3N3O/c1-3-10(2,4-5-15)7-9-16-8(17-18-9)6-11(12,13)14/h3-4,6-7H2,1-2H3. The number of alkyl halides is 3. The molecule has 0 spiro atoms. The summed E-state index contributed by atoms with van der Waals surface area (Å²) in [6.07, 6.45) is -4.24. The highest BCUT2D eigenvalue weighted by Gasteiger charge is 2.31. The summed E-state index contributed by atoms with van der Waals surface area (Å²) in [5.74, 6) is -0.221. The molecule has 1 atom stereocenters. The number of hydrogen-bond acceptors (Lipinski definition) is 4. The van der Waals surface area contributed by atoms with E-state index in [1.807, 2.05) is 13.8 Å². The van der Waals surface area contributed by atoms with E-state index in [2.05, 4.69) is 16.2 Å². The van der Waals surface area contributed by atoms with Crippen molar-refractivity contribution in [1.29, 1.82) is 5.26 Å². The first-order valence-electron chi connectivity index (χ1n) is 5.53. The van der Waals surface area contributed by atoms with Crippen molar-refractivity contribution >= 4 is 0 Å². The third kappa shape index (κ3) is 4.35. The van der Waals surface area contributed by atoms with Crippen LogP contribution >= 0.6 is 0 Å². The summed E-state index contributed by atoms with van der Waals surface area (Å²) >= 11 is 0. The molecule has 0 aliphatic heterocycles. The van der Waals surface area contributed by atoms with Gasteiger partial charge < -0.3 is 4.52 Å². The fraction of sp³-hybridized carbons (Fsp3) is 0.727. The van der Waals surface area contributed by atoms with Crippen LogP contribution in [0.5, 0.6) is 0 Å². The number of aromatic nitrogens is 2. The van der Waals surface area contributed by atoms with E-state index in [1.54, 1.807) is 0 Å². The molecule has 18 heavy (non-hydrogen) atoms. The second kappa shape index (κ2) is 5.38. The molecule has 0 aromatic carbocycles. The van der Waals surface area contributed by atoms with E-state index in [1.165, 1.54) is 0 Å². The molecule has 0 aliphatic rings. The average Bonchev–Trinajstić information content (AvgIpc) is 2.63. The molecule has 1 aromatic rings. The van der Waals surface area contributed by atoms with Gasteiger partial charge in [-0.3, -0.25) is 0 Å². The summed E-state index contributed by atoms with van der Waals surface area (Å²) in [5, 5.41) is 12.0. The SMILES string of the molecule is CCC(C)(CC#N)Cc1nc(CC(F)(F)F)no1. The monoisotopic (exact) mass is 261 g/mol. The molecule has 1 unspecified atom stereocenters. The lowest BCUT2D eigenvalue weighted by atomic mass is 9.81. The molecule has 1 rings (SSSR count). The predicted octanol–water partition coefficient (Wildman–Crippen LogP) is 3.05. The van der Waals surface area contributed by atoms with Gasteiger partial charge in [-0.15, -0.1) is 0 Å². The van der Waals surface area contributed by atoms with Crippen molar-refractivity contribution in [3.05, 3.63) is 11.7 Å². The zero-order valence-corrected chi connectivity index (χ0v) is 10.2. The Bertz CT molecular complexity index is 435. The second-order valence-electron chi connectivity index (χ2n) is 4.57. The molecule has 4 nitrogen and oxygen atoms in total. The van der Waals surface area contributed by atoms with E-state index in [0.29, 0.717) is 19.3 Å². The van der Waals surface area contributed by atoms with Gasteiger partial charge in [0, 0.05) is 12.8 Å². The lowest BCUT2D eigenvalue weighted by molar-refractivity contribution is -0.128. The van der Waals surface area contributed by atoms with Crippen LogP contribution in [0.1, 0.15) is 38.4 Å². The van der Waals surface area contributed by atoms with Crippen molar-refractivity contribution in [3.8, 4) is 6.07 Å². The Balaban J connectivity index is 2.72. The highest BCUT2D eigenvalue weighted by atomic mass is 19.4. The van der Waals surface area contributed by atoms with E-state index < -0.39 is 12.6 Å². The van der Waals surface area contributed by atoms with Crippen molar-refractivity contribution in [3.63, 3.8) is 0 Å². The van der Waals surface area contributed by atoms with Crippen LogP contribution in [0.3, 0.4) is 0 Å².